The molecule has 1 saturated carbocycles. The van der Waals surface area contributed by atoms with Crippen LogP contribution in [0.2, 0.25) is 0 Å². The average Bonchev–Trinajstić information content (AvgIpc) is 2.75. The number of anilines is 1. The van der Waals surface area contributed by atoms with Gasteiger partial charge < -0.3 is 5.32 Å². The molecule has 3 rings (SSSR count). The van der Waals surface area contributed by atoms with Crippen molar-refractivity contribution < 1.29 is 14.8 Å². The lowest BCUT2D eigenvalue weighted by molar-refractivity contribution is -0.129. The van der Waals surface area contributed by atoms with Crippen molar-refractivity contribution in [2.75, 3.05) is 5.32 Å². The van der Waals surface area contributed by atoms with Gasteiger partial charge in [-0.15, -0.1) is 0 Å². The Bertz CT molecular complexity index is 768. The van der Waals surface area contributed by atoms with Crippen molar-refractivity contribution in [1.29, 1.82) is 0 Å². The number of carbonyl (C=O) groups excluding carboxylic acids is 2. The van der Waals surface area contributed by atoms with E-state index in [-0.39, 0.29) is 5.91 Å². The topological polar surface area (TPSA) is 78.4 Å². The first kappa shape index (κ1) is 20.1. The molecule has 0 aliphatic heterocycles. The molecule has 148 valence electrons. The van der Waals surface area contributed by atoms with Gasteiger partial charge >= 0.3 is 0 Å². The predicted molar refractivity (Wildman–Crippen MR) is 109 cm³/mol. The summed E-state index contributed by atoms with van der Waals surface area (Å²) in [5.41, 5.74) is 4.00. The molecule has 1 unspecified atom stereocenters. The van der Waals surface area contributed by atoms with Crippen molar-refractivity contribution in [2.45, 2.75) is 50.9 Å². The number of hydroxylamine groups is 1. The summed E-state index contributed by atoms with van der Waals surface area (Å²) < 4.78 is 0. The molecule has 2 aromatic rings. The van der Waals surface area contributed by atoms with E-state index >= 15 is 0 Å². The molecule has 5 heteroatoms. The fourth-order valence-electron chi connectivity index (χ4n) is 4.00. The van der Waals surface area contributed by atoms with E-state index in [1.54, 1.807) is 17.6 Å². The van der Waals surface area contributed by atoms with E-state index in [4.69, 9.17) is 5.21 Å². The molecule has 0 aromatic heterocycles. The third-order valence-electron chi connectivity index (χ3n) is 5.54. The van der Waals surface area contributed by atoms with Gasteiger partial charge in [0.05, 0.1) is 5.92 Å². The number of hydrogen-bond donors (Lipinski definition) is 3. The lowest BCUT2D eigenvalue weighted by atomic mass is 9.86. The van der Waals surface area contributed by atoms with Gasteiger partial charge in [-0.05, 0) is 35.6 Å². The molecule has 5 nitrogen and oxygen atoms in total. The highest BCUT2D eigenvalue weighted by Crippen LogP contribution is 2.28. The summed E-state index contributed by atoms with van der Waals surface area (Å²) in [7, 11) is 0. The predicted octanol–water partition coefficient (Wildman–Crippen LogP) is 4.62. The third-order valence-corrected chi connectivity index (χ3v) is 5.54. The van der Waals surface area contributed by atoms with Crippen molar-refractivity contribution in [3.8, 4) is 0 Å². The molecule has 0 heterocycles. The van der Waals surface area contributed by atoms with Crippen molar-refractivity contribution in [3.05, 3.63) is 65.7 Å². The molecular formula is C23H28N2O3. The van der Waals surface area contributed by atoms with Gasteiger partial charge in [-0.2, -0.15) is 0 Å². The molecule has 1 atom stereocenters. The summed E-state index contributed by atoms with van der Waals surface area (Å²) in [6.45, 7) is 0. The van der Waals surface area contributed by atoms with Crippen LogP contribution < -0.4 is 10.8 Å². The zero-order chi connectivity index (χ0) is 19.8. The molecule has 2 amide bonds. The first-order valence-electron chi connectivity index (χ1n) is 10.1. The van der Waals surface area contributed by atoms with Crippen LogP contribution in [0.25, 0.3) is 0 Å². The Balaban J connectivity index is 1.61. The maximum Gasteiger partial charge on any atom is 0.255 e. The van der Waals surface area contributed by atoms with E-state index in [1.165, 1.54) is 32.1 Å². The summed E-state index contributed by atoms with van der Waals surface area (Å²) in [5, 5.41) is 12.1. The van der Waals surface area contributed by atoms with Crippen molar-refractivity contribution in [2.24, 2.45) is 5.92 Å². The summed E-state index contributed by atoms with van der Waals surface area (Å²) in [4.78, 5) is 24.4. The van der Waals surface area contributed by atoms with Gasteiger partial charge in [0.1, 0.15) is 0 Å². The van der Waals surface area contributed by atoms with E-state index in [0.29, 0.717) is 18.0 Å². The van der Waals surface area contributed by atoms with E-state index in [2.05, 4.69) is 5.32 Å². The monoisotopic (exact) mass is 380 g/mol. The second kappa shape index (κ2) is 10.0. The van der Waals surface area contributed by atoms with Crippen LogP contribution >= 0.6 is 0 Å². The van der Waals surface area contributed by atoms with E-state index in [1.807, 2.05) is 42.5 Å². The molecule has 2 aromatic carbocycles. The number of carbonyl (C=O) groups is 2. The molecule has 1 fully saturated rings. The third kappa shape index (κ3) is 5.42. The minimum Gasteiger partial charge on any atom is -0.326 e. The van der Waals surface area contributed by atoms with E-state index in [9.17, 15) is 9.59 Å². The standard InChI is InChI=1S/C23H28N2O3/c26-21(16-11-17-7-3-1-4-8-17)24-20-14-12-19(13-15-20)22(23(27)25-28)18-9-5-2-6-10-18/h2,5-6,9-10,12-15,17,22,28H,1,3-4,7-8,11,16H2,(H,24,26)(H,25,27). The number of rotatable bonds is 7. The molecule has 1 aliphatic rings. The Kier molecular flexibility index (Phi) is 7.20. The van der Waals surface area contributed by atoms with Gasteiger partial charge in [-0.25, -0.2) is 5.48 Å². The summed E-state index contributed by atoms with van der Waals surface area (Å²) in [6, 6.07) is 16.5. The summed E-state index contributed by atoms with van der Waals surface area (Å²) in [5.74, 6) is -0.380. The van der Waals surface area contributed by atoms with Gasteiger partial charge in [0.25, 0.3) is 5.91 Å². The minimum atomic E-state index is -0.609. The van der Waals surface area contributed by atoms with Crippen LogP contribution in [0, 0.1) is 5.92 Å². The normalized spacial score (nSPS) is 15.6. The Morgan fingerprint density at radius 1 is 0.929 bits per heavy atom. The number of amides is 2. The largest absolute Gasteiger partial charge is 0.326 e. The smallest absolute Gasteiger partial charge is 0.255 e. The molecule has 0 saturated heterocycles. The Hall–Kier alpha value is -2.66. The maximum atomic E-state index is 12.2. The molecule has 0 bridgehead atoms. The zero-order valence-corrected chi connectivity index (χ0v) is 16.1. The fraction of sp³-hybridized carbons (Fsp3) is 0.391. The highest BCUT2D eigenvalue weighted by Gasteiger charge is 2.22. The highest BCUT2D eigenvalue weighted by molar-refractivity contribution is 5.91. The number of nitrogens with one attached hydrogen (secondary N) is 2. The van der Waals surface area contributed by atoms with Gasteiger partial charge in [0.2, 0.25) is 5.91 Å². The van der Waals surface area contributed by atoms with Crippen LogP contribution in [-0.4, -0.2) is 17.0 Å². The van der Waals surface area contributed by atoms with Crippen LogP contribution in [0.5, 0.6) is 0 Å². The SMILES string of the molecule is O=C(CCC1CCCCC1)Nc1ccc(C(C(=O)NO)c2ccccc2)cc1. The van der Waals surface area contributed by atoms with Crippen LogP contribution in [0.1, 0.15) is 62.0 Å². The Labute approximate surface area is 166 Å². The van der Waals surface area contributed by atoms with E-state index < -0.39 is 11.8 Å². The molecular weight excluding hydrogens is 352 g/mol. The second-order valence-electron chi connectivity index (χ2n) is 7.53. The lowest BCUT2D eigenvalue weighted by Gasteiger charge is -2.21. The van der Waals surface area contributed by atoms with Crippen LogP contribution in [0.15, 0.2) is 54.6 Å². The average molecular weight is 380 g/mol. The molecule has 28 heavy (non-hydrogen) atoms. The van der Waals surface area contributed by atoms with Crippen LogP contribution in [-0.2, 0) is 9.59 Å². The zero-order valence-electron chi connectivity index (χ0n) is 16.1. The molecule has 1 aliphatic carbocycles. The van der Waals surface area contributed by atoms with Crippen molar-refractivity contribution in [3.63, 3.8) is 0 Å². The molecule has 3 N–H and O–H groups in total. The van der Waals surface area contributed by atoms with Crippen LogP contribution in [0.4, 0.5) is 5.69 Å². The van der Waals surface area contributed by atoms with Gasteiger partial charge in [-0.1, -0.05) is 74.6 Å². The van der Waals surface area contributed by atoms with Gasteiger partial charge in [0, 0.05) is 12.1 Å². The molecule has 0 radical (unpaired) electrons. The van der Waals surface area contributed by atoms with E-state index in [0.717, 1.165) is 17.5 Å². The molecule has 0 spiro atoms. The van der Waals surface area contributed by atoms with Crippen LogP contribution in [0.3, 0.4) is 0 Å². The summed E-state index contributed by atoms with van der Waals surface area (Å²) in [6.07, 6.45) is 7.90. The number of hydrogen-bond acceptors (Lipinski definition) is 3. The van der Waals surface area contributed by atoms with Gasteiger partial charge in [-0.3, -0.25) is 14.8 Å². The summed E-state index contributed by atoms with van der Waals surface area (Å²) >= 11 is 0. The second-order valence-corrected chi connectivity index (χ2v) is 7.53. The van der Waals surface area contributed by atoms with Gasteiger partial charge in [0.15, 0.2) is 0 Å². The maximum absolute atomic E-state index is 12.2. The Morgan fingerprint density at radius 3 is 2.21 bits per heavy atom. The highest BCUT2D eigenvalue weighted by atomic mass is 16.5. The van der Waals surface area contributed by atoms with Crippen molar-refractivity contribution in [1.82, 2.24) is 5.48 Å². The quantitative estimate of drug-likeness (QED) is 0.484. The Morgan fingerprint density at radius 2 is 1.57 bits per heavy atom. The lowest BCUT2D eigenvalue weighted by Crippen LogP contribution is -2.27. The fourth-order valence-corrected chi connectivity index (χ4v) is 4.00. The number of benzene rings is 2. The first-order chi connectivity index (χ1) is 13.7. The minimum absolute atomic E-state index is 0.0334. The van der Waals surface area contributed by atoms with Crippen molar-refractivity contribution >= 4 is 17.5 Å². The first-order valence-corrected chi connectivity index (χ1v) is 10.1.